The number of hydrogen-bond donors (Lipinski definition) is 2. The summed E-state index contributed by atoms with van der Waals surface area (Å²) in [6.45, 7) is 1.82. The number of methoxy groups -OCH3 is 1. The molecule has 5 nitrogen and oxygen atoms in total. The summed E-state index contributed by atoms with van der Waals surface area (Å²) < 4.78 is 59.7. The van der Waals surface area contributed by atoms with Gasteiger partial charge in [0.25, 0.3) is 0 Å². The fourth-order valence-corrected chi connectivity index (χ4v) is 5.96. The van der Waals surface area contributed by atoms with Crippen molar-refractivity contribution in [3.05, 3.63) is 65.4 Å². The molecule has 3 aromatic rings. The van der Waals surface area contributed by atoms with E-state index in [1.165, 1.54) is 0 Å². The normalized spacial score (nSPS) is 19.3. The number of aromatic nitrogens is 1. The van der Waals surface area contributed by atoms with Crippen LogP contribution in [0.25, 0.3) is 10.9 Å². The summed E-state index contributed by atoms with van der Waals surface area (Å²) in [7, 11) is 1.59. The van der Waals surface area contributed by atoms with Crippen molar-refractivity contribution < 1.29 is 32.5 Å². The molecule has 4 rings (SSSR count). The van der Waals surface area contributed by atoms with Crippen LogP contribution in [0.2, 0.25) is 0 Å². The minimum Gasteiger partial charge on any atom is -0.497 e. The van der Waals surface area contributed by atoms with Gasteiger partial charge in [-0.1, -0.05) is 0 Å². The van der Waals surface area contributed by atoms with Gasteiger partial charge in [-0.2, -0.15) is 0 Å². The summed E-state index contributed by atoms with van der Waals surface area (Å²) in [5.74, 6) is -4.65. The molecule has 200 valence electrons. The lowest BCUT2D eigenvalue weighted by Gasteiger charge is -2.38. The monoisotopic (exact) mass is 538 g/mol. The van der Waals surface area contributed by atoms with E-state index in [-0.39, 0.29) is 18.4 Å². The number of pyridine rings is 1. The van der Waals surface area contributed by atoms with Gasteiger partial charge in [-0.05, 0) is 67.5 Å². The van der Waals surface area contributed by atoms with E-state index >= 15 is 0 Å². The van der Waals surface area contributed by atoms with E-state index in [0.29, 0.717) is 37.1 Å². The third-order valence-electron chi connectivity index (χ3n) is 7.09. The van der Waals surface area contributed by atoms with Gasteiger partial charge < -0.3 is 19.8 Å². The number of rotatable bonds is 10. The van der Waals surface area contributed by atoms with Gasteiger partial charge >= 0.3 is 0 Å². The Kier molecular flexibility index (Phi) is 9.28. The van der Waals surface area contributed by atoms with Crippen LogP contribution in [0, 0.1) is 35.1 Å². The average molecular weight is 539 g/mol. The molecule has 1 aliphatic heterocycles. The Hall–Kier alpha value is -2.40. The highest BCUT2D eigenvalue weighted by molar-refractivity contribution is 7.99. The smallest absolute Gasteiger partial charge is 0.195 e. The van der Waals surface area contributed by atoms with Crippen LogP contribution in [0.3, 0.4) is 0 Å². The van der Waals surface area contributed by atoms with Gasteiger partial charge in [0.05, 0.1) is 23.6 Å². The molecule has 1 aliphatic rings. The van der Waals surface area contributed by atoms with E-state index < -0.39 is 34.3 Å². The van der Waals surface area contributed by atoms with Crippen molar-refractivity contribution in [1.82, 2.24) is 9.88 Å². The Morgan fingerprint density at radius 2 is 1.92 bits per heavy atom. The number of hydrogen-bond acceptors (Lipinski definition) is 6. The molecule has 37 heavy (non-hydrogen) atoms. The Balaban J connectivity index is 1.31. The zero-order chi connectivity index (χ0) is 26.5. The minimum atomic E-state index is -1.67. The van der Waals surface area contributed by atoms with Crippen molar-refractivity contribution in [3.63, 3.8) is 0 Å². The van der Waals surface area contributed by atoms with E-state index in [1.807, 2.05) is 24.3 Å². The largest absolute Gasteiger partial charge is 0.497 e. The molecule has 0 aliphatic carbocycles. The van der Waals surface area contributed by atoms with Crippen LogP contribution in [-0.4, -0.2) is 59.2 Å². The molecule has 2 N–H and O–H groups in total. The maximum atomic E-state index is 13.9. The number of halogens is 4. The standard InChI is InChI=1S/C27H30F4N2O3S/c1-36-18-3-4-23-20(12-18)19(6-8-32-23)24(35)5-2-16-7-9-33(14-17(16)15-34)10-11-37-27-22(29)13-21(28)25(30)26(27)31/h3-4,6,8,12-13,16-17,24,34-35H,2,5,7,9-11,14-15H2,1H3/t16-,17-,24?/m1/s1. The summed E-state index contributed by atoms with van der Waals surface area (Å²) in [5.41, 5.74) is 1.57. The second-order valence-electron chi connectivity index (χ2n) is 9.31. The molecular formula is C27H30F4N2O3S. The molecule has 0 bridgehead atoms. The number of aliphatic hydroxyl groups excluding tert-OH is 2. The first-order valence-corrected chi connectivity index (χ1v) is 13.2. The third-order valence-corrected chi connectivity index (χ3v) is 8.14. The predicted octanol–water partition coefficient (Wildman–Crippen LogP) is 5.34. The highest BCUT2D eigenvalue weighted by Crippen LogP contribution is 2.34. The topological polar surface area (TPSA) is 65.8 Å². The van der Waals surface area contributed by atoms with Crippen LogP contribution in [-0.2, 0) is 0 Å². The van der Waals surface area contributed by atoms with Gasteiger partial charge in [-0.15, -0.1) is 11.8 Å². The molecule has 1 aromatic heterocycles. The summed E-state index contributed by atoms with van der Waals surface area (Å²) in [6, 6.07) is 7.72. The predicted molar refractivity (Wildman–Crippen MR) is 135 cm³/mol. The lowest BCUT2D eigenvalue weighted by molar-refractivity contribution is 0.0608. The summed E-state index contributed by atoms with van der Waals surface area (Å²) in [5, 5.41) is 21.8. The number of piperidine rings is 1. The number of likely N-dealkylation sites (tertiary alicyclic amines) is 1. The Morgan fingerprint density at radius 1 is 1.11 bits per heavy atom. The second-order valence-corrected chi connectivity index (χ2v) is 10.4. The second kappa shape index (κ2) is 12.4. The van der Waals surface area contributed by atoms with E-state index in [0.717, 1.165) is 47.6 Å². The number of aliphatic hydroxyl groups is 2. The number of benzene rings is 2. The minimum absolute atomic E-state index is 0.00281. The van der Waals surface area contributed by atoms with Crippen molar-refractivity contribution in [3.8, 4) is 5.75 Å². The van der Waals surface area contributed by atoms with Gasteiger partial charge in [0.1, 0.15) is 11.6 Å². The van der Waals surface area contributed by atoms with E-state index in [9.17, 15) is 27.8 Å². The molecule has 1 unspecified atom stereocenters. The summed E-state index contributed by atoms with van der Waals surface area (Å²) >= 11 is 0.807. The number of thioether (sulfide) groups is 1. The summed E-state index contributed by atoms with van der Waals surface area (Å²) in [6.07, 6.45) is 3.06. The zero-order valence-corrected chi connectivity index (χ0v) is 21.3. The van der Waals surface area contributed by atoms with Crippen LogP contribution in [0.1, 0.15) is 30.9 Å². The molecule has 2 heterocycles. The van der Waals surface area contributed by atoms with E-state index in [2.05, 4.69) is 9.88 Å². The first-order chi connectivity index (χ1) is 17.8. The highest BCUT2D eigenvalue weighted by Gasteiger charge is 2.29. The molecule has 0 radical (unpaired) electrons. The number of ether oxygens (including phenoxy) is 1. The zero-order valence-electron chi connectivity index (χ0n) is 20.5. The fraction of sp³-hybridized carbons (Fsp3) is 0.444. The van der Waals surface area contributed by atoms with Gasteiger partial charge in [0, 0.05) is 43.1 Å². The lowest BCUT2D eigenvalue weighted by Crippen LogP contribution is -2.43. The molecule has 1 saturated heterocycles. The highest BCUT2D eigenvalue weighted by atomic mass is 32.2. The van der Waals surface area contributed by atoms with Crippen molar-refractivity contribution >= 4 is 22.7 Å². The number of fused-ring (bicyclic) bond motifs is 1. The average Bonchev–Trinajstić information content (AvgIpc) is 2.91. The fourth-order valence-electron chi connectivity index (χ4n) is 5.00. The Bertz CT molecular complexity index is 1230. The first-order valence-electron chi connectivity index (χ1n) is 12.2. The molecular weight excluding hydrogens is 508 g/mol. The van der Waals surface area contributed by atoms with Crippen molar-refractivity contribution in [2.75, 3.05) is 39.1 Å². The van der Waals surface area contributed by atoms with Gasteiger partial charge in [0.15, 0.2) is 17.5 Å². The van der Waals surface area contributed by atoms with Gasteiger partial charge in [-0.3, -0.25) is 4.98 Å². The summed E-state index contributed by atoms with van der Waals surface area (Å²) in [4.78, 5) is 5.93. The molecule has 0 saturated carbocycles. The lowest BCUT2D eigenvalue weighted by atomic mass is 9.81. The van der Waals surface area contributed by atoms with Crippen molar-refractivity contribution in [2.45, 2.75) is 30.3 Å². The van der Waals surface area contributed by atoms with Crippen LogP contribution < -0.4 is 4.74 Å². The van der Waals surface area contributed by atoms with Crippen LogP contribution in [0.15, 0.2) is 41.4 Å². The van der Waals surface area contributed by atoms with Crippen LogP contribution in [0.5, 0.6) is 5.75 Å². The van der Waals surface area contributed by atoms with Crippen molar-refractivity contribution in [1.29, 1.82) is 0 Å². The SMILES string of the molecule is COc1ccc2nccc(C(O)CC[C@@H]3CCN(CCSc4c(F)cc(F)c(F)c4F)C[C@@H]3CO)c2c1. The maximum Gasteiger partial charge on any atom is 0.195 e. The van der Waals surface area contributed by atoms with E-state index in [1.54, 1.807) is 13.3 Å². The molecule has 0 spiro atoms. The van der Waals surface area contributed by atoms with Crippen LogP contribution >= 0.6 is 11.8 Å². The van der Waals surface area contributed by atoms with Crippen molar-refractivity contribution in [2.24, 2.45) is 11.8 Å². The Morgan fingerprint density at radius 3 is 2.68 bits per heavy atom. The van der Waals surface area contributed by atoms with E-state index in [4.69, 9.17) is 4.74 Å². The van der Waals surface area contributed by atoms with Crippen LogP contribution in [0.4, 0.5) is 17.6 Å². The molecule has 2 aromatic carbocycles. The first kappa shape index (κ1) is 27.6. The number of nitrogens with zero attached hydrogens (tertiary/aromatic N) is 2. The Labute approximate surface area is 217 Å². The maximum absolute atomic E-state index is 13.9. The molecule has 3 atom stereocenters. The quantitative estimate of drug-likeness (QED) is 0.157. The third kappa shape index (κ3) is 6.37. The molecule has 0 amide bonds. The van der Waals surface area contributed by atoms with Gasteiger partial charge in [0.2, 0.25) is 0 Å². The van der Waals surface area contributed by atoms with Gasteiger partial charge in [-0.25, -0.2) is 17.6 Å². The molecule has 10 heteroatoms. The molecule has 1 fully saturated rings.